The van der Waals surface area contributed by atoms with E-state index in [2.05, 4.69) is 0 Å². The number of rotatable bonds is 0. The molecule has 1 heterocycles. The Labute approximate surface area is 129 Å². The number of hydrogen-bond acceptors (Lipinski definition) is 2. The van der Waals surface area contributed by atoms with E-state index in [1.807, 2.05) is 20.8 Å². The monoisotopic (exact) mass is 474 g/mol. The molecule has 1 saturated heterocycles. The first-order chi connectivity index (χ1) is 5.38. The van der Waals surface area contributed by atoms with Crippen LogP contribution in [-0.2, 0) is 23.0 Å². The van der Waals surface area contributed by atoms with Crippen molar-refractivity contribution in [3.63, 3.8) is 0 Å². The second-order valence-electron chi connectivity index (χ2n) is 4.25. The molecule has 1 aliphatic heterocycles. The van der Waals surface area contributed by atoms with Crippen LogP contribution in [-0.4, -0.2) is 29.7 Å². The van der Waals surface area contributed by atoms with Crippen LogP contribution in [0.3, 0.4) is 0 Å². The van der Waals surface area contributed by atoms with Crippen molar-refractivity contribution < 1.29 is 75.8 Å². The number of halogens is 2. The van der Waals surface area contributed by atoms with Gasteiger partial charge in [0.05, 0.1) is 0 Å². The second kappa shape index (κ2) is 6.83. The Morgan fingerprint density at radius 3 is 2.07 bits per heavy atom. The van der Waals surface area contributed by atoms with E-state index < -0.39 is 0 Å². The second-order valence-corrected chi connectivity index (χ2v) is 6.67. The van der Waals surface area contributed by atoms with Gasteiger partial charge in [-0.1, -0.05) is 0 Å². The SMILES string of the molecule is CC(C)(C)OC(=O)N1C[CH]([Zn+2])C1.[I-].[I-]. The maximum absolute atomic E-state index is 11.3. The van der Waals surface area contributed by atoms with E-state index in [0.29, 0.717) is 0 Å². The van der Waals surface area contributed by atoms with E-state index in [-0.39, 0.29) is 59.6 Å². The molecule has 0 radical (unpaired) electrons. The molecule has 0 aromatic rings. The molecule has 1 rings (SSSR count). The molecule has 14 heavy (non-hydrogen) atoms. The van der Waals surface area contributed by atoms with Gasteiger partial charge in [-0.25, -0.2) is 0 Å². The van der Waals surface area contributed by atoms with Crippen LogP contribution in [0.15, 0.2) is 0 Å². The van der Waals surface area contributed by atoms with Gasteiger partial charge in [-0.2, -0.15) is 0 Å². The molecule has 0 aliphatic carbocycles. The molecule has 1 amide bonds. The first kappa shape index (κ1) is 17.7. The number of nitrogens with zero attached hydrogens (tertiary/aromatic N) is 1. The molecule has 0 aromatic heterocycles. The Morgan fingerprint density at radius 2 is 1.79 bits per heavy atom. The zero-order valence-corrected chi connectivity index (χ0v) is 16.0. The zero-order valence-electron chi connectivity index (χ0n) is 8.72. The third-order valence-electron chi connectivity index (χ3n) is 1.61. The molecule has 79 valence electrons. The molecule has 0 aromatic carbocycles. The minimum Gasteiger partial charge on any atom is -1.00 e. The van der Waals surface area contributed by atoms with E-state index in [1.165, 1.54) is 18.3 Å². The summed E-state index contributed by atoms with van der Waals surface area (Å²) in [6.07, 6.45) is -0.160. The summed E-state index contributed by atoms with van der Waals surface area (Å²) in [5.41, 5.74) is -0.355. The van der Waals surface area contributed by atoms with Crippen molar-refractivity contribution in [2.75, 3.05) is 13.1 Å². The van der Waals surface area contributed by atoms with Crippen LogP contribution in [0.25, 0.3) is 0 Å². The van der Waals surface area contributed by atoms with Crippen LogP contribution in [0.2, 0.25) is 4.51 Å². The van der Waals surface area contributed by atoms with Crippen molar-refractivity contribution >= 4 is 6.09 Å². The van der Waals surface area contributed by atoms with E-state index >= 15 is 0 Å². The summed E-state index contributed by atoms with van der Waals surface area (Å²) < 4.78 is 5.95. The van der Waals surface area contributed by atoms with Gasteiger partial charge in [-0.05, 0) is 0 Å². The van der Waals surface area contributed by atoms with Gasteiger partial charge in [0.2, 0.25) is 0 Å². The van der Waals surface area contributed by atoms with Gasteiger partial charge < -0.3 is 48.0 Å². The fourth-order valence-corrected chi connectivity index (χ4v) is 2.35. The number of ether oxygens (including phenoxy) is 1. The summed E-state index contributed by atoms with van der Waals surface area (Å²) in [6, 6.07) is 0. The molecule has 0 atom stereocenters. The maximum atomic E-state index is 11.3. The molecule has 1 fully saturated rings. The number of carbonyl (C=O) groups is 1. The van der Waals surface area contributed by atoms with Crippen LogP contribution < -0.4 is 48.0 Å². The summed E-state index contributed by atoms with van der Waals surface area (Å²) >= 11 is 1.28. The molecule has 1 aliphatic rings. The Hall–Kier alpha value is 1.35. The summed E-state index contributed by atoms with van der Waals surface area (Å²) in [5, 5.41) is 0. The fourth-order valence-electron chi connectivity index (χ4n) is 1.05. The van der Waals surface area contributed by atoms with Gasteiger partial charge >= 0.3 is 82.8 Å². The zero-order chi connectivity index (χ0) is 9.35. The molecule has 0 saturated carbocycles. The van der Waals surface area contributed by atoms with Crippen molar-refractivity contribution in [3.8, 4) is 0 Å². The Kier molecular flexibility index (Phi) is 8.66. The Morgan fingerprint density at radius 1 is 1.36 bits per heavy atom. The first-order valence-electron chi connectivity index (χ1n) is 4.19. The minimum absolute atomic E-state index is 0. The Balaban J connectivity index is 0. The van der Waals surface area contributed by atoms with E-state index in [0.717, 1.165) is 17.6 Å². The predicted molar refractivity (Wildman–Crippen MR) is 41.6 cm³/mol. The summed E-state index contributed by atoms with van der Waals surface area (Å²) in [7, 11) is 0. The van der Waals surface area contributed by atoms with Gasteiger partial charge in [-0.3, -0.25) is 0 Å². The number of carbonyl (C=O) groups excluding carboxylic acids is 1. The third-order valence-corrected chi connectivity index (χ3v) is 2.69. The molecule has 6 heteroatoms. The quantitative estimate of drug-likeness (QED) is 0.262. The van der Waals surface area contributed by atoms with Crippen LogP contribution in [0.5, 0.6) is 0 Å². The van der Waals surface area contributed by atoms with E-state index in [4.69, 9.17) is 4.74 Å². The average molecular weight is 475 g/mol. The van der Waals surface area contributed by atoms with Crippen molar-refractivity contribution in [1.29, 1.82) is 0 Å². The van der Waals surface area contributed by atoms with Gasteiger partial charge in [0, 0.05) is 0 Å². The standard InChI is InChI=1S/C8H14NO2.2HI.Zn/c1-8(2,3)11-7(10)9-5-4-6-9;;;/h4H,5-6H2,1-3H3;2*1H;/q;;;+2/p-2. The molecule has 3 nitrogen and oxygen atoms in total. The first-order valence-corrected chi connectivity index (χ1v) is 5.91. The molecule has 0 bridgehead atoms. The number of hydrogen-bond donors (Lipinski definition) is 0. The number of amides is 1. The summed E-state index contributed by atoms with van der Waals surface area (Å²) in [4.78, 5) is 13.1. The van der Waals surface area contributed by atoms with Gasteiger partial charge in [0.15, 0.2) is 0 Å². The predicted octanol–water partition coefficient (Wildman–Crippen LogP) is -4.42. The molecule has 0 N–H and O–H groups in total. The molecular weight excluding hydrogens is 461 g/mol. The third kappa shape index (κ3) is 6.05. The van der Waals surface area contributed by atoms with Crippen molar-refractivity contribution in [3.05, 3.63) is 0 Å². The van der Waals surface area contributed by atoms with Gasteiger partial charge in [0.25, 0.3) is 0 Å². The van der Waals surface area contributed by atoms with E-state index in [1.54, 1.807) is 4.90 Å². The minimum atomic E-state index is -0.355. The summed E-state index contributed by atoms with van der Waals surface area (Å²) in [6.45, 7) is 7.47. The number of likely N-dealkylation sites (tertiary alicyclic amines) is 1. The normalized spacial score (nSPS) is 16.2. The smallest absolute Gasteiger partial charge is 1.00 e. The molecular formula is C8H14I2NO2Zn. The van der Waals surface area contributed by atoms with Crippen LogP contribution >= 0.6 is 0 Å². The van der Waals surface area contributed by atoms with Crippen molar-refractivity contribution in [1.82, 2.24) is 4.90 Å². The van der Waals surface area contributed by atoms with Gasteiger partial charge in [-0.15, -0.1) is 0 Å². The van der Waals surface area contributed by atoms with Crippen LogP contribution in [0, 0.1) is 0 Å². The van der Waals surface area contributed by atoms with E-state index in [9.17, 15) is 4.79 Å². The molecule has 0 unspecified atom stereocenters. The van der Waals surface area contributed by atoms with Crippen LogP contribution in [0.1, 0.15) is 20.8 Å². The largest absolute Gasteiger partial charge is 1.00 e. The fraction of sp³-hybridized carbons (Fsp3) is 0.875. The summed E-state index contributed by atoms with van der Waals surface area (Å²) in [5.74, 6) is 0. The topological polar surface area (TPSA) is 29.5 Å². The van der Waals surface area contributed by atoms with Crippen molar-refractivity contribution in [2.24, 2.45) is 0 Å². The van der Waals surface area contributed by atoms with Crippen molar-refractivity contribution in [2.45, 2.75) is 30.9 Å². The maximum Gasteiger partial charge on any atom is -1.00 e. The van der Waals surface area contributed by atoms with Crippen LogP contribution in [0.4, 0.5) is 4.79 Å². The van der Waals surface area contributed by atoms with Gasteiger partial charge in [0.1, 0.15) is 0 Å². The molecule has 0 spiro atoms. The average Bonchev–Trinajstić information content (AvgIpc) is 1.76. The Bertz CT molecular complexity index is 190.